The van der Waals surface area contributed by atoms with Gasteiger partial charge in [-0.3, -0.25) is 9.59 Å². The second kappa shape index (κ2) is 11.3. The third-order valence-electron chi connectivity index (χ3n) is 7.75. The lowest BCUT2D eigenvalue weighted by Gasteiger charge is -2.36. The standard InChI is InChI=1S/C28H39FN6O4/c1-16-12-18(36)15-35(16)27(39)25(28(2,3)4)31-23(37)13-17-8-10-34(11-9-17)22-14-21(32-33-26(22)30)19-6-5-7-20(29)24(19)38/h5-7,14,16-18,25,36,38H,8-13,15H2,1-4H3,(H2,30,33)(H,31,37)/t16-,18-,25-/m1/s1. The Bertz CT molecular complexity index is 1210. The molecule has 0 unspecified atom stereocenters. The monoisotopic (exact) mass is 542 g/mol. The van der Waals surface area contributed by atoms with Gasteiger partial charge in [0.1, 0.15) is 6.04 Å². The van der Waals surface area contributed by atoms with Crippen LogP contribution >= 0.6 is 0 Å². The molecule has 1 aromatic heterocycles. The molecule has 2 fully saturated rings. The first-order valence-electron chi connectivity index (χ1n) is 13.5. The van der Waals surface area contributed by atoms with Gasteiger partial charge in [0.25, 0.3) is 0 Å². The Labute approximate surface area is 228 Å². The first kappa shape index (κ1) is 28.5. The number of carbonyl (C=O) groups excluding carboxylic acids is 2. The highest BCUT2D eigenvalue weighted by molar-refractivity contribution is 5.89. The van der Waals surface area contributed by atoms with Crippen LogP contribution in [0.1, 0.15) is 53.4 Å². The summed E-state index contributed by atoms with van der Waals surface area (Å²) in [4.78, 5) is 30.1. The number of aromatic nitrogens is 2. The Morgan fingerprint density at radius 1 is 1.23 bits per heavy atom. The Balaban J connectivity index is 1.37. The summed E-state index contributed by atoms with van der Waals surface area (Å²) in [6.45, 7) is 9.25. The lowest BCUT2D eigenvalue weighted by Crippen LogP contribution is -2.55. The van der Waals surface area contributed by atoms with Gasteiger partial charge in [0.05, 0.1) is 17.5 Å². The van der Waals surface area contributed by atoms with Gasteiger partial charge in [0, 0.05) is 37.7 Å². The van der Waals surface area contributed by atoms with Gasteiger partial charge in [-0.2, -0.15) is 0 Å². The highest BCUT2D eigenvalue weighted by atomic mass is 19.1. The molecule has 2 aliphatic heterocycles. The van der Waals surface area contributed by atoms with Crippen molar-refractivity contribution < 1.29 is 24.2 Å². The van der Waals surface area contributed by atoms with E-state index in [4.69, 9.17) is 5.73 Å². The predicted octanol–water partition coefficient (Wildman–Crippen LogP) is 2.69. The van der Waals surface area contributed by atoms with Crippen LogP contribution in [0, 0.1) is 17.2 Å². The normalized spacial score (nSPS) is 21.2. The number of likely N-dealkylation sites (tertiary alicyclic amines) is 1. The number of aromatic hydroxyl groups is 1. The van der Waals surface area contributed by atoms with Crippen LogP contribution in [0.4, 0.5) is 15.9 Å². The summed E-state index contributed by atoms with van der Waals surface area (Å²) in [5, 5.41) is 31.1. The zero-order valence-electron chi connectivity index (χ0n) is 23.0. The molecule has 0 aliphatic carbocycles. The number of nitrogens with zero attached hydrogens (tertiary/aromatic N) is 4. The maximum Gasteiger partial charge on any atom is 0.246 e. The number of phenolic OH excluding ortho intramolecular Hbond substituents is 1. The molecule has 2 aromatic rings. The van der Waals surface area contributed by atoms with Crippen molar-refractivity contribution in [2.45, 2.75) is 71.6 Å². The van der Waals surface area contributed by atoms with Crippen LogP contribution < -0.4 is 16.0 Å². The number of nitrogens with one attached hydrogen (secondary N) is 1. The van der Waals surface area contributed by atoms with Gasteiger partial charge in [-0.05, 0) is 55.7 Å². The number of nitrogen functional groups attached to an aromatic ring is 1. The molecule has 212 valence electrons. The number of benzene rings is 1. The fourth-order valence-corrected chi connectivity index (χ4v) is 5.48. The maximum absolute atomic E-state index is 13.8. The van der Waals surface area contributed by atoms with Crippen molar-refractivity contribution in [3.8, 4) is 17.0 Å². The molecular weight excluding hydrogens is 503 g/mol. The molecule has 1 aromatic carbocycles. The number of halogens is 1. The summed E-state index contributed by atoms with van der Waals surface area (Å²) in [5.41, 5.74) is 6.82. The van der Waals surface area contributed by atoms with E-state index in [1.807, 2.05) is 27.7 Å². The van der Waals surface area contributed by atoms with Crippen LogP contribution in [0.25, 0.3) is 11.3 Å². The lowest BCUT2D eigenvalue weighted by atomic mass is 9.85. The summed E-state index contributed by atoms with van der Waals surface area (Å²) < 4.78 is 13.8. The van der Waals surface area contributed by atoms with Gasteiger partial charge in [-0.25, -0.2) is 4.39 Å². The molecule has 2 amide bonds. The average Bonchev–Trinajstić information content (AvgIpc) is 3.22. The number of amides is 2. The smallest absolute Gasteiger partial charge is 0.246 e. The number of rotatable bonds is 6. The summed E-state index contributed by atoms with van der Waals surface area (Å²) in [7, 11) is 0. The number of nitrogens with two attached hydrogens (primary N) is 1. The van der Waals surface area contributed by atoms with E-state index in [-0.39, 0.29) is 41.7 Å². The summed E-state index contributed by atoms with van der Waals surface area (Å²) in [6.07, 6.45) is 1.78. The zero-order chi connectivity index (χ0) is 28.5. The number of β-amino-alcohol motifs (C(OH)–C–C–N with tert-alkyl or cyclic N) is 1. The molecule has 2 aliphatic rings. The molecule has 39 heavy (non-hydrogen) atoms. The second-order valence-electron chi connectivity index (χ2n) is 11.9. The zero-order valence-corrected chi connectivity index (χ0v) is 23.0. The van der Waals surface area contributed by atoms with Gasteiger partial charge < -0.3 is 31.1 Å². The highest BCUT2D eigenvalue weighted by Gasteiger charge is 2.40. The predicted molar refractivity (Wildman–Crippen MR) is 146 cm³/mol. The quantitative estimate of drug-likeness (QED) is 0.436. The minimum atomic E-state index is -0.741. The molecule has 3 atom stereocenters. The van der Waals surface area contributed by atoms with Crippen molar-refractivity contribution in [3.63, 3.8) is 0 Å². The molecule has 0 bridgehead atoms. The Kier molecular flexibility index (Phi) is 8.29. The molecule has 2 saturated heterocycles. The van der Waals surface area contributed by atoms with Crippen LogP contribution in [0.3, 0.4) is 0 Å². The molecule has 5 N–H and O–H groups in total. The number of para-hydroxylation sites is 1. The van der Waals surface area contributed by atoms with Crippen molar-refractivity contribution in [3.05, 3.63) is 30.1 Å². The van der Waals surface area contributed by atoms with E-state index in [0.29, 0.717) is 37.3 Å². The molecule has 0 spiro atoms. The number of anilines is 2. The molecule has 0 saturated carbocycles. The van der Waals surface area contributed by atoms with Gasteiger partial charge in [-0.1, -0.05) is 26.8 Å². The van der Waals surface area contributed by atoms with Crippen LogP contribution in [0.15, 0.2) is 24.3 Å². The van der Waals surface area contributed by atoms with Crippen molar-refractivity contribution in [2.24, 2.45) is 11.3 Å². The fourth-order valence-electron chi connectivity index (χ4n) is 5.48. The summed E-state index contributed by atoms with van der Waals surface area (Å²) in [5.74, 6) is -1.19. The number of piperidine rings is 1. The second-order valence-corrected chi connectivity index (χ2v) is 11.9. The fraction of sp³-hybridized carbons (Fsp3) is 0.571. The van der Waals surface area contributed by atoms with Crippen LogP contribution in [-0.4, -0.2) is 74.9 Å². The van der Waals surface area contributed by atoms with E-state index in [0.717, 1.165) is 12.8 Å². The van der Waals surface area contributed by atoms with Crippen LogP contribution in [0.5, 0.6) is 5.75 Å². The van der Waals surface area contributed by atoms with E-state index in [2.05, 4.69) is 20.4 Å². The number of aliphatic hydroxyl groups excluding tert-OH is 1. The Morgan fingerprint density at radius 3 is 2.54 bits per heavy atom. The van der Waals surface area contributed by atoms with Gasteiger partial charge in [-0.15, -0.1) is 10.2 Å². The van der Waals surface area contributed by atoms with E-state index >= 15 is 0 Å². The van der Waals surface area contributed by atoms with E-state index in [1.54, 1.807) is 17.0 Å². The highest BCUT2D eigenvalue weighted by Crippen LogP contribution is 2.35. The van der Waals surface area contributed by atoms with Crippen molar-refractivity contribution in [1.82, 2.24) is 20.4 Å². The third kappa shape index (κ3) is 6.41. The lowest BCUT2D eigenvalue weighted by molar-refractivity contribution is -0.140. The molecule has 0 radical (unpaired) electrons. The topological polar surface area (TPSA) is 145 Å². The number of aliphatic hydroxyl groups is 1. The van der Waals surface area contributed by atoms with E-state index < -0.39 is 29.1 Å². The molecule has 11 heteroatoms. The van der Waals surface area contributed by atoms with Crippen LogP contribution in [0.2, 0.25) is 0 Å². The minimum absolute atomic E-state index is 0.0703. The molecule has 10 nitrogen and oxygen atoms in total. The number of phenols is 1. The summed E-state index contributed by atoms with van der Waals surface area (Å²) in [6, 6.07) is 5.17. The average molecular weight is 543 g/mol. The van der Waals surface area contributed by atoms with Gasteiger partial charge in [0.2, 0.25) is 11.8 Å². The minimum Gasteiger partial charge on any atom is -0.504 e. The van der Waals surface area contributed by atoms with Crippen molar-refractivity contribution in [2.75, 3.05) is 30.3 Å². The maximum atomic E-state index is 13.8. The SMILES string of the molecule is C[C@@H]1C[C@@H](O)CN1C(=O)[C@@H](NC(=O)CC1CCN(c2cc(-c3cccc(F)c3O)nnc2N)CC1)C(C)(C)C. The van der Waals surface area contributed by atoms with E-state index in [9.17, 15) is 24.2 Å². The number of hydrogen-bond acceptors (Lipinski definition) is 8. The Morgan fingerprint density at radius 2 is 1.92 bits per heavy atom. The number of carbonyl (C=O) groups is 2. The Hall–Kier alpha value is -3.47. The van der Waals surface area contributed by atoms with Gasteiger partial charge in [0.15, 0.2) is 17.4 Å². The number of hydrogen-bond donors (Lipinski definition) is 4. The molecular formula is C28H39FN6O4. The van der Waals surface area contributed by atoms with Crippen molar-refractivity contribution >= 4 is 23.3 Å². The first-order chi connectivity index (χ1) is 18.3. The first-order valence-corrected chi connectivity index (χ1v) is 13.5. The largest absolute Gasteiger partial charge is 0.504 e. The molecule has 4 rings (SSSR count). The third-order valence-corrected chi connectivity index (χ3v) is 7.75. The van der Waals surface area contributed by atoms with Crippen LogP contribution in [-0.2, 0) is 9.59 Å². The van der Waals surface area contributed by atoms with Crippen molar-refractivity contribution in [1.29, 1.82) is 0 Å². The van der Waals surface area contributed by atoms with Gasteiger partial charge >= 0.3 is 0 Å². The summed E-state index contributed by atoms with van der Waals surface area (Å²) >= 11 is 0. The molecule has 3 heterocycles. The van der Waals surface area contributed by atoms with E-state index in [1.165, 1.54) is 12.1 Å².